The number of aryl methyl sites for hydroxylation is 2. The molecule has 1 aromatic heterocycles. The molecule has 2 atom stereocenters. The van der Waals surface area contributed by atoms with Crippen molar-refractivity contribution in [2.45, 2.75) is 50.8 Å². The van der Waals surface area contributed by atoms with Crippen molar-refractivity contribution in [3.8, 4) is 0 Å². The van der Waals surface area contributed by atoms with Crippen LogP contribution >= 0.6 is 11.6 Å². The minimum absolute atomic E-state index is 0.00807. The standard InChI is InChI=1S/C15H20ClN3O2/c1-9-13(15(16)18(2)17-9)5-6-14(21)19-10-3-4-11(19)8-12(20)7-10/h5-6,10-12,20H,3-4,7-8H2,1-2H3. The largest absolute Gasteiger partial charge is 0.393 e. The zero-order chi connectivity index (χ0) is 15.1. The average molecular weight is 310 g/mol. The lowest BCUT2D eigenvalue weighted by Crippen LogP contribution is -2.47. The molecule has 114 valence electrons. The van der Waals surface area contributed by atoms with Crippen LogP contribution in [0, 0.1) is 6.92 Å². The minimum Gasteiger partial charge on any atom is -0.393 e. The third-order valence-corrected chi connectivity index (χ3v) is 5.00. The SMILES string of the molecule is Cc1nn(C)c(Cl)c1C=CC(=O)N1C2CCC1CC(O)C2. The summed E-state index contributed by atoms with van der Waals surface area (Å²) < 4.78 is 1.60. The van der Waals surface area contributed by atoms with Crippen LogP contribution < -0.4 is 0 Å². The maximum absolute atomic E-state index is 12.5. The molecule has 0 spiro atoms. The molecule has 1 N–H and O–H groups in total. The molecule has 6 heteroatoms. The van der Waals surface area contributed by atoms with Gasteiger partial charge in [0, 0.05) is 30.8 Å². The zero-order valence-corrected chi connectivity index (χ0v) is 13.0. The van der Waals surface area contributed by atoms with Gasteiger partial charge in [0.1, 0.15) is 5.15 Å². The lowest BCUT2D eigenvalue weighted by atomic mass is 10.00. The molecule has 0 saturated carbocycles. The molecule has 1 aromatic rings. The second kappa shape index (κ2) is 5.46. The van der Waals surface area contributed by atoms with Crippen LogP contribution in [0.3, 0.4) is 0 Å². The van der Waals surface area contributed by atoms with Crippen LogP contribution in [0.2, 0.25) is 5.15 Å². The number of amides is 1. The predicted octanol–water partition coefficient (Wildman–Crippen LogP) is 1.91. The third-order valence-electron chi connectivity index (χ3n) is 4.55. The molecule has 5 nitrogen and oxygen atoms in total. The summed E-state index contributed by atoms with van der Waals surface area (Å²) in [7, 11) is 1.78. The van der Waals surface area contributed by atoms with E-state index < -0.39 is 0 Å². The Morgan fingerprint density at radius 3 is 2.52 bits per heavy atom. The van der Waals surface area contributed by atoms with Gasteiger partial charge in [0.15, 0.2) is 0 Å². The molecule has 0 radical (unpaired) electrons. The maximum atomic E-state index is 12.5. The molecule has 3 heterocycles. The first kappa shape index (κ1) is 14.6. The number of carbonyl (C=O) groups is 1. The summed E-state index contributed by atoms with van der Waals surface area (Å²) in [5.41, 5.74) is 1.60. The van der Waals surface area contributed by atoms with E-state index in [1.54, 1.807) is 23.9 Å². The summed E-state index contributed by atoms with van der Waals surface area (Å²) in [5, 5.41) is 14.6. The van der Waals surface area contributed by atoms with Gasteiger partial charge in [0.25, 0.3) is 0 Å². The van der Waals surface area contributed by atoms with Gasteiger partial charge < -0.3 is 10.0 Å². The van der Waals surface area contributed by atoms with Gasteiger partial charge in [-0.05, 0) is 38.7 Å². The Morgan fingerprint density at radius 1 is 1.38 bits per heavy atom. The number of halogens is 1. The van der Waals surface area contributed by atoms with Gasteiger partial charge in [0.2, 0.25) is 5.91 Å². The normalized spacial score (nSPS) is 28.6. The van der Waals surface area contributed by atoms with Crippen molar-refractivity contribution >= 4 is 23.6 Å². The van der Waals surface area contributed by atoms with E-state index in [2.05, 4.69) is 5.10 Å². The van der Waals surface area contributed by atoms with E-state index in [1.165, 1.54) is 0 Å². The first-order valence-corrected chi connectivity index (χ1v) is 7.72. The smallest absolute Gasteiger partial charge is 0.247 e. The highest BCUT2D eigenvalue weighted by Gasteiger charge is 2.41. The van der Waals surface area contributed by atoms with Crippen molar-refractivity contribution < 1.29 is 9.90 Å². The van der Waals surface area contributed by atoms with Crippen LogP contribution in [0.25, 0.3) is 6.08 Å². The van der Waals surface area contributed by atoms with Crippen LogP contribution in [-0.2, 0) is 11.8 Å². The number of fused-ring (bicyclic) bond motifs is 2. The average Bonchev–Trinajstić information content (AvgIpc) is 2.83. The number of piperidine rings is 1. The second-order valence-corrected chi connectivity index (χ2v) is 6.36. The molecule has 3 rings (SSSR count). The summed E-state index contributed by atoms with van der Waals surface area (Å²) in [6, 6.07) is 0.364. The Balaban J connectivity index is 1.76. The quantitative estimate of drug-likeness (QED) is 0.849. The van der Waals surface area contributed by atoms with Crippen molar-refractivity contribution in [2.24, 2.45) is 7.05 Å². The third kappa shape index (κ3) is 2.60. The number of carbonyl (C=O) groups excluding carboxylic acids is 1. The molecular weight excluding hydrogens is 290 g/mol. The fourth-order valence-corrected chi connectivity index (χ4v) is 3.82. The van der Waals surface area contributed by atoms with Gasteiger partial charge in [0.05, 0.1) is 11.8 Å². The Hall–Kier alpha value is -1.33. The predicted molar refractivity (Wildman–Crippen MR) is 80.9 cm³/mol. The summed E-state index contributed by atoms with van der Waals surface area (Å²) in [5.74, 6) is 0.00807. The van der Waals surface area contributed by atoms with E-state index >= 15 is 0 Å². The van der Waals surface area contributed by atoms with Gasteiger partial charge in [-0.15, -0.1) is 0 Å². The Kier molecular flexibility index (Phi) is 3.80. The van der Waals surface area contributed by atoms with Gasteiger partial charge in [-0.3, -0.25) is 9.48 Å². The Labute approximate surface area is 129 Å². The fraction of sp³-hybridized carbons (Fsp3) is 0.600. The van der Waals surface area contributed by atoms with Crippen LogP contribution in [0.5, 0.6) is 0 Å². The number of aliphatic hydroxyl groups is 1. The summed E-state index contributed by atoms with van der Waals surface area (Å²) in [6.07, 6.45) is 6.45. The molecule has 2 unspecified atom stereocenters. The van der Waals surface area contributed by atoms with E-state index in [0.717, 1.165) is 24.1 Å². The van der Waals surface area contributed by atoms with E-state index in [1.807, 2.05) is 11.8 Å². The van der Waals surface area contributed by atoms with Crippen molar-refractivity contribution in [3.05, 3.63) is 22.5 Å². The van der Waals surface area contributed by atoms with Crippen LogP contribution in [0.4, 0.5) is 0 Å². The van der Waals surface area contributed by atoms with Gasteiger partial charge in [-0.2, -0.15) is 5.10 Å². The monoisotopic (exact) mass is 309 g/mol. The summed E-state index contributed by atoms with van der Waals surface area (Å²) in [6.45, 7) is 1.87. The zero-order valence-electron chi connectivity index (χ0n) is 12.3. The Morgan fingerprint density at radius 2 is 2.00 bits per heavy atom. The molecule has 2 fully saturated rings. The van der Waals surface area contributed by atoms with Crippen molar-refractivity contribution in [2.75, 3.05) is 0 Å². The summed E-state index contributed by atoms with van der Waals surface area (Å²) in [4.78, 5) is 14.4. The van der Waals surface area contributed by atoms with Crippen LogP contribution in [0.1, 0.15) is 36.9 Å². The molecule has 2 saturated heterocycles. The number of nitrogens with zero attached hydrogens (tertiary/aromatic N) is 3. The summed E-state index contributed by atoms with van der Waals surface area (Å²) >= 11 is 6.16. The highest BCUT2D eigenvalue weighted by molar-refractivity contribution is 6.31. The highest BCUT2D eigenvalue weighted by Crippen LogP contribution is 2.36. The fourth-order valence-electron chi connectivity index (χ4n) is 3.58. The second-order valence-electron chi connectivity index (χ2n) is 6.00. The topological polar surface area (TPSA) is 58.4 Å². The van der Waals surface area contributed by atoms with Crippen LogP contribution in [0.15, 0.2) is 6.08 Å². The molecule has 2 aliphatic heterocycles. The van der Waals surface area contributed by atoms with E-state index in [0.29, 0.717) is 18.0 Å². The number of rotatable bonds is 2. The number of aliphatic hydroxyl groups excluding tert-OH is 1. The molecular formula is C15H20ClN3O2. The Bertz CT molecular complexity index is 582. The van der Waals surface area contributed by atoms with Crippen molar-refractivity contribution in [3.63, 3.8) is 0 Å². The number of hydrogen-bond donors (Lipinski definition) is 1. The minimum atomic E-state index is -0.259. The molecule has 0 aliphatic carbocycles. The van der Waals surface area contributed by atoms with Gasteiger partial charge >= 0.3 is 0 Å². The molecule has 2 bridgehead atoms. The first-order valence-electron chi connectivity index (χ1n) is 7.35. The molecule has 2 aliphatic rings. The lowest BCUT2D eigenvalue weighted by Gasteiger charge is -2.36. The molecule has 0 aromatic carbocycles. The lowest BCUT2D eigenvalue weighted by molar-refractivity contribution is -0.131. The van der Waals surface area contributed by atoms with E-state index in [-0.39, 0.29) is 24.1 Å². The number of aromatic nitrogens is 2. The van der Waals surface area contributed by atoms with Gasteiger partial charge in [-0.1, -0.05) is 11.6 Å². The molecule has 1 amide bonds. The number of hydrogen-bond acceptors (Lipinski definition) is 3. The first-order chi connectivity index (χ1) is 9.97. The highest BCUT2D eigenvalue weighted by atomic mass is 35.5. The van der Waals surface area contributed by atoms with Crippen molar-refractivity contribution in [1.82, 2.24) is 14.7 Å². The van der Waals surface area contributed by atoms with Crippen LogP contribution in [-0.4, -0.2) is 43.9 Å². The van der Waals surface area contributed by atoms with E-state index in [4.69, 9.17) is 11.6 Å². The maximum Gasteiger partial charge on any atom is 0.247 e. The van der Waals surface area contributed by atoms with Gasteiger partial charge in [-0.25, -0.2) is 0 Å². The van der Waals surface area contributed by atoms with Crippen molar-refractivity contribution in [1.29, 1.82) is 0 Å². The van der Waals surface area contributed by atoms with E-state index in [9.17, 15) is 9.90 Å². The molecule has 21 heavy (non-hydrogen) atoms.